The molecule has 42 heavy (non-hydrogen) atoms. The number of hydrogen-bond donors (Lipinski definition) is 1. The monoisotopic (exact) mass is 587 g/mol. The Morgan fingerprint density at radius 1 is 1.19 bits per heavy atom. The summed E-state index contributed by atoms with van der Waals surface area (Å²) in [5, 5.41) is 11.5. The van der Waals surface area contributed by atoms with Crippen LogP contribution in [0.1, 0.15) is 84.2 Å². The van der Waals surface area contributed by atoms with E-state index < -0.39 is 5.54 Å². The van der Waals surface area contributed by atoms with Gasteiger partial charge >= 0.3 is 0 Å². The van der Waals surface area contributed by atoms with Crippen molar-refractivity contribution < 1.29 is 14.0 Å². The van der Waals surface area contributed by atoms with Crippen molar-refractivity contribution >= 4 is 29.0 Å². The van der Waals surface area contributed by atoms with Crippen molar-refractivity contribution in [2.45, 2.75) is 71.4 Å². The average Bonchev–Trinajstić information content (AvgIpc) is 3.74. The number of nitrogens with zero attached hydrogens (tertiary/aromatic N) is 6. The first-order valence-corrected chi connectivity index (χ1v) is 15.1. The second-order valence-corrected chi connectivity index (χ2v) is 12.1. The molecule has 4 heterocycles. The van der Waals surface area contributed by atoms with E-state index in [9.17, 15) is 9.59 Å². The van der Waals surface area contributed by atoms with Crippen LogP contribution >= 0.6 is 11.3 Å². The van der Waals surface area contributed by atoms with Crippen LogP contribution in [0.2, 0.25) is 0 Å². The molecule has 3 aromatic heterocycles. The van der Waals surface area contributed by atoms with Gasteiger partial charge in [0.1, 0.15) is 16.5 Å². The Balaban J connectivity index is 1.48. The molecule has 1 fully saturated rings. The zero-order valence-electron chi connectivity index (χ0n) is 24.8. The van der Waals surface area contributed by atoms with E-state index in [0.717, 1.165) is 41.9 Å². The van der Waals surface area contributed by atoms with E-state index in [2.05, 4.69) is 39.2 Å². The van der Waals surface area contributed by atoms with E-state index in [1.165, 1.54) is 17.4 Å². The first kappa shape index (κ1) is 29.5. The van der Waals surface area contributed by atoms with Crippen LogP contribution in [-0.4, -0.2) is 50.5 Å². The lowest BCUT2D eigenvalue weighted by atomic mass is 9.90. The third-order valence-corrected chi connectivity index (χ3v) is 8.70. The molecule has 0 saturated carbocycles. The third kappa shape index (κ3) is 6.12. The Kier molecular flexibility index (Phi) is 8.51. The van der Waals surface area contributed by atoms with Gasteiger partial charge in [0.2, 0.25) is 11.8 Å². The minimum absolute atomic E-state index is 0.0923. The normalized spacial score (nSPS) is 16.4. The van der Waals surface area contributed by atoms with Crippen LogP contribution in [0.3, 0.4) is 0 Å². The lowest BCUT2D eigenvalue weighted by molar-refractivity contribution is -0.116. The molecule has 0 radical (unpaired) electrons. The summed E-state index contributed by atoms with van der Waals surface area (Å²) in [4.78, 5) is 38.7. The van der Waals surface area contributed by atoms with Gasteiger partial charge in [-0.15, -0.1) is 21.5 Å². The van der Waals surface area contributed by atoms with Crippen LogP contribution < -0.4 is 10.6 Å². The number of carbonyl (C=O) groups is 2. The molecule has 11 heteroatoms. The number of amides is 2. The summed E-state index contributed by atoms with van der Waals surface area (Å²) >= 11 is 1.57. The van der Waals surface area contributed by atoms with Crippen LogP contribution in [-0.2, 0) is 23.2 Å². The van der Waals surface area contributed by atoms with Crippen LogP contribution in [0, 0.1) is 6.92 Å². The molecule has 2 atom stereocenters. The van der Waals surface area contributed by atoms with Gasteiger partial charge in [-0.2, -0.15) is 0 Å². The molecule has 1 aromatic carbocycles. The standard InChI is InChI=1S/C31H37N7O3S/c1-6-10-21-11-7-8-12-22(21)17-31(4,32)30-36-35-27(41-30)24-15-23(16-26(34-24)37(5)20(3)39)29(40)38-14-9-13-25(38)28-33-19(2)18-42-28/h7-8,11-12,15-16,18,25H,6,9-10,13-14,17,32H2,1-5H3/t25-,31-/m1/s1. The van der Waals surface area contributed by atoms with E-state index in [-0.39, 0.29) is 29.6 Å². The van der Waals surface area contributed by atoms with Crippen molar-refractivity contribution in [2.24, 2.45) is 5.73 Å². The maximum absolute atomic E-state index is 13.9. The maximum atomic E-state index is 13.9. The Hall–Kier alpha value is -3.96. The van der Waals surface area contributed by atoms with Gasteiger partial charge in [-0.25, -0.2) is 9.97 Å². The minimum Gasteiger partial charge on any atom is -0.417 e. The predicted octanol–water partition coefficient (Wildman–Crippen LogP) is 5.23. The molecule has 5 rings (SSSR count). The molecule has 0 bridgehead atoms. The lowest BCUT2D eigenvalue weighted by Crippen LogP contribution is -2.36. The highest BCUT2D eigenvalue weighted by atomic mass is 32.1. The minimum atomic E-state index is -0.934. The fourth-order valence-electron chi connectivity index (χ4n) is 5.31. The number of carbonyl (C=O) groups excluding carboxylic acids is 2. The predicted molar refractivity (Wildman–Crippen MR) is 162 cm³/mol. The zero-order valence-corrected chi connectivity index (χ0v) is 25.6. The summed E-state index contributed by atoms with van der Waals surface area (Å²) in [6.07, 6.45) is 4.24. The van der Waals surface area contributed by atoms with Gasteiger partial charge in [0.05, 0.1) is 11.6 Å². The number of anilines is 1. The zero-order chi connectivity index (χ0) is 30.0. The van der Waals surface area contributed by atoms with Gasteiger partial charge in [-0.1, -0.05) is 37.6 Å². The number of nitrogens with two attached hydrogens (primary N) is 1. The summed E-state index contributed by atoms with van der Waals surface area (Å²) in [5.41, 5.74) is 9.81. The maximum Gasteiger partial charge on any atom is 0.266 e. The summed E-state index contributed by atoms with van der Waals surface area (Å²) < 4.78 is 6.11. The summed E-state index contributed by atoms with van der Waals surface area (Å²) in [6, 6.07) is 11.4. The van der Waals surface area contributed by atoms with Crippen molar-refractivity contribution in [1.82, 2.24) is 25.1 Å². The molecule has 1 saturated heterocycles. The highest BCUT2D eigenvalue weighted by Crippen LogP contribution is 2.36. The number of rotatable bonds is 9. The third-order valence-electron chi connectivity index (χ3n) is 7.64. The van der Waals surface area contributed by atoms with E-state index >= 15 is 0 Å². The van der Waals surface area contributed by atoms with E-state index in [4.69, 9.17) is 10.2 Å². The number of thiazole rings is 1. The second kappa shape index (κ2) is 12.1. The Morgan fingerprint density at radius 3 is 2.64 bits per heavy atom. The van der Waals surface area contributed by atoms with Gasteiger partial charge in [0.15, 0.2) is 0 Å². The molecule has 1 aliphatic rings. The molecule has 1 aliphatic heterocycles. The number of aryl methyl sites for hydroxylation is 2. The van der Waals surface area contributed by atoms with Crippen LogP contribution in [0.4, 0.5) is 5.82 Å². The smallest absolute Gasteiger partial charge is 0.266 e. The van der Waals surface area contributed by atoms with Crippen LogP contribution in [0.25, 0.3) is 11.6 Å². The quantitative estimate of drug-likeness (QED) is 0.282. The SMILES string of the molecule is CCCc1ccccc1C[C@@](C)(N)c1nnc(-c2cc(C(=O)N3CCC[C@@H]3c3nc(C)cs3)cc(N(C)C(C)=O)n2)o1. The molecule has 0 spiro atoms. The van der Waals surface area contributed by atoms with E-state index in [1.807, 2.05) is 36.3 Å². The molecular weight excluding hydrogens is 550 g/mol. The topological polar surface area (TPSA) is 131 Å². The van der Waals surface area contributed by atoms with Crippen molar-refractivity contribution in [3.8, 4) is 11.6 Å². The van der Waals surface area contributed by atoms with Crippen molar-refractivity contribution in [3.05, 3.63) is 75.1 Å². The first-order chi connectivity index (χ1) is 20.1. The van der Waals surface area contributed by atoms with E-state index in [0.29, 0.717) is 30.0 Å². The molecule has 2 amide bonds. The van der Waals surface area contributed by atoms with Gasteiger partial charge in [0.25, 0.3) is 11.8 Å². The Bertz CT molecular complexity index is 1590. The van der Waals surface area contributed by atoms with Gasteiger partial charge in [-0.3, -0.25) is 9.59 Å². The summed E-state index contributed by atoms with van der Waals surface area (Å²) in [7, 11) is 1.61. The summed E-state index contributed by atoms with van der Waals surface area (Å²) in [5.74, 6) is 0.324. The van der Waals surface area contributed by atoms with Crippen LogP contribution in [0.5, 0.6) is 0 Å². The molecule has 10 nitrogen and oxygen atoms in total. The van der Waals surface area contributed by atoms with Crippen molar-refractivity contribution in [1.29, 1.82) is 0 Å². The molecular formula is C31H37N7O3S. The highest BCUT2D eigenvalue weighted by Gasteiger charge is 2.34. The molecule has 0 unspecified atom stereocenters. The fourth-order valence-corrected chi connectivity index (χ4v) is 6.25. The number of hydrogen-bond acceptors (Lipinski definition) is 9. The number of pyridine rings is 1. The number of aromatic nitrogens is 4. The Labute approximate surface area is 250 Å². The van der Waals surface area contributed by atoms with Crippen molar-refractivity contribution in [3.63, 3.8) is 0 Å². The van der Waals surface area contributed by atoms with E-state index in [1.54, 1.807) is 30.5 Å². The molecule has 2 N–H and O–H groups in total. The molecule has 0 aliphatic carbocycles. The van der Waals surface area contributed by atoms with Gasteiger partial charge in [0, 0.05) is 37.2 Å². The largest absolute Gasteiger partial charge is 0.417 e. The lowest BCUT2D eigenvalue weighted by Gasteiger charge is -2.24. The first-order valence-electron chi connectivity index (χ1n) is 14.3. The van der Waals surface area contributed by atoms with Crippen molar-refractivity contribution in [2.75, 3.05) is 18.5 Å². The average molecular weight is 588 g/mol. The molecule has 4 aromatic rings. The fraction of sp³-hybridized carbons (Fsp3) is 0.419. The molecule has 220 valence electrons. The number of likely N-dealkylation sites (tertiary alicyclic amines) is 1. The van der Waals surface area contributed by atoms with Gasteiger partial charge in [-0.05, 0) is 62.8 Å². The van der Waals surface area contributed by atoms with Crippen LogP contribution in [0.15, 0.2) is 46.2 Å². The Morgan fingerprint density at radius 2 is 1.95 bits per heavy atom. The second-order valence-electron chi connectivity index (χ2n) is 11.2. The highest BCUT2D eigenvalue weighted by molar-refractivity contribution is 7.09. The summed E-state index contributed by atoms with van der Waals surface area (Å²) in [6.45, 7) is 8.03. The van der Waals surface area contributed by atoms with Gasteiger partial charge < -0.3 is 20.0 Å². The number of benzene rings is 1.